The first-order chi connectivity index (χ1) is 10.6. The predicted molar refractivity (Wildman–Crippen MR) is 92.3 cm³/mol. The molecule has 1 fully saturated rings. The highest BCUT2D eigenvalue weighted by Gasteiger charge is 2.31. The van der Waals surface area contributed by atoms with Crippen molar-refractivity contribution in [2.45, 2.75) is 38.0 Å². The maximum absolute atomic E-state index is 12.7. The van der Waals surface area contributed by atoms with Crippen molar-refractivity contribution >= 4 is 17.5 Å². The number of benzene rings is 1. The molecule has 3 nitrogen and oxygen atoms in total. The van der Waals surface area contributed by atoms with Gasteiger partial charge >= 0.3 is 0 Å². The number of nitrogens with one attached hydrogen (secondary N) is 1. The summed E-state index contributed by atoms with van der Waals surface area (Å²) in [5, 5.41) is 3.85. The lowest BCUT2D eigenvalue weighted by atomic mass is 9.84. The third kappa shape index (κ3) is 4.99. The Labute approximate surface area is 139 Å². The fraction of sp³-hybridized carbons (Fsp3) is 0.611. The van der Waals surface area contributed by atoms with E-state index in [0.717, 1.165) is 42.9 Å². The summed E-state index contributed by atoms with van der Waals surface area (Å²) in [5.41, 5.74) is 1.10. The van der Waals surface area contributed by atoms with Gasteiger partial charge in [-0.25, -0.2) is 0 Å². The zero-order valence-electron chi connectivity index (χ0n) is 13.6. The fourth-order valence-electron chi connectivity index (χ4n) is 3.32. The smallest absolute Gasteiger partial charge is 0.227 e. The number of carbonyl (C=O) groups excluding carboxylic acids is 1. The van der Waals surface area contributed by atoms with E-state index in [0.29, 0.717) is 5.92 Å². The molecule has 0 aliphatic heterocycles. The first kappa shape index (κ1) is 17.3. The zero-order chi connectivity index (χ0) is 15.9. The van der Waals surface area contributed by atoms with E-state index in [1.165, 1.54) is 12.8 Å². The topological polar surface area (TPSA) is 32.3 Å². The third-order valence-corrected chi connectivity index (χ3v) is 4.72. The van der Waals surface area contributed by atoms with Gasteiger partial charge in [-0.1, -0.05) is 36.6 Å². The fourth-order valence-corrected chi connectivity index (χ4v) is 3.44. The number of nitrogens with zero attached hydrogens (tertiary/aromatic N) is 1. The summed E-state index contributed by atoms with van der Waals surface area (Å²) >= 11 is 5.98. The van der Waals surface area contributed by atoms with Crippen molar-refractivity contribution in [3.05, 3.63) is 34.9 Å². The van der Waals surface area contributed by atoms with Crippen LogP contribution in [0.3, 0.4) is 0 Å². The van der Waals surface area contributed by atoms with Gasteiger partial charge in [0.15, 0.2) is 0 Å². The second kappa shape index (κ2) is 8.54. The number of rotatable bonds is 7. The molecular weight excluding hydrogens is 296 g/mol. The van der Waals surface area contributed by atoms with E-state index in [4.69, 9.17) is 11.6 Å². The molecule has 4 heteroatoms. The molecule has 0 bridgehead atoms. The minimum atomic E-state index is -0.0286. The lowest BCUT2D eigenvalue weighted by Crippen LogP contribution is -2.34. The molecule has 1 N–H and O–H groups in total. The van der Waals surface area contributed by atoms with E-state index >= 15 is 0 Å². The molecule has 122 valence electrons. The molecule has 1 amide bonds. The van der Waals surface area contributed by atoms with Crippen molar-refractivity contribution in [2.24, 2.45) is 5.92 Å². The van der Waals surface area contributed by atoms with Crippen LogP contribution in [0.25, 0.3) is 0 Å². The van der Waals surface area contributed by atoms with Crippen LogP contribution in [-0.2, 0) is 4.79 Å². The number of halogens is 1. The molecule has 1 saturated carbocycles. The molecule has 0 radical (unpaired) electrons. The van der Waals surface area contributed by atoms with E-state index in [1.807, 2.05) is 24.3 Å². The Bertz CT molecular complexity index is 466. The van der Waals surface area contributed by atoms with Crippen molar-refractivity contribution in [3.8, 4) is 0 Å². The van der Waals surface area contributed by atoms with Crippen LogP contribution in [-0.4, -0.2) is 38.0 Å². The summed E-state index contributed by atoms with van der Waals surface area (Å²) in [6.07, 6.45) is 5.76. The summed E-state index contributed by atoms with van der Waals surface area (Å²) in [5.74, 6) is 0.613. The van der Waals surface area contributed by atoms with Gasteiger partial charge in [0.25, 0.3) is 0 Å². The first-order valence-corrected chi connectivity index (χ1v) is 8.63. The standard InChI is InChI=1S/C18H27ClN2O/c1-21(2)13-5-12-20-18(22)17(14-6-3-4-7-14)15-8-10-16(19)11-9-15/h8-11,14,17H,3-7,12-13H2,1-2H3,(H,20,22). The SMILES string of the molecule is CN(C)CCCNC(=O)C(c1ccc(Cl)cc1)C1CCCC1. The molecule has 2 rings (SSSR count). The highest BCUT2D eigenvalue weighted by atomic mass is 35.5. The molecule has 1 atom stereocenters. The van der Waals surface area contributed by atoms with Gasteiger partial charge in [0.1, 0.15) is 0 Å². The van der Waals surface area contributed by atoms with Crippen LogP contribution in [0, 0.1) is 5.92 Å². The van der Waals surface area contributed by atoms with Gasteiger partial charge in [-0.15, -0.1) is 0 Å². The van der Waals surface area contributed by atoms with Gasteiger partial charge in [-0.2, -0.15) is 0 Å². The molecule has 1 aliphatic carbocycles. The third-order valence-electron chi connectivity index (χ3n) is 4.46. The number of amides is 1. The summed E-state index contributed by atoms with van der Waals surface area (Å²) in [7, 11) is 4.10. The van der Waals surface area contributed by atoms with E-state index < -0.39 is 0 Å². The number of hydrogen-bond acceptors (Lipinski definition) is 2. The average molecular weight is 323 g/mol. The maximum Gasteiger partial charge on any atom is 0.227 e. The Morgan fingerprint density at radius 3 is 2.50 bits per heavy atom. The summed E-state index contributed by atoms with van der Waals surface area (Å²) < 4.78 is 0. The lowest BCUT2D eigenvalue weighted by molar-refractivity contribution is -0.123. The zero-order valence-corrected chi connectivity index (χ0v) is 14.4. The predicted octanol–water partition coefficient (Wildman–Crippen LogP) is 3.68. The molecule has 0 aromatic heterocycles. The lowest BCUT2D eigenvalue weighted by Gasteiger charge is -2.23. The van der Waals surface area contributed by atoms with Crippen molar-refractivity contribution in [1.82, 2.24) is 10.2 Å². The minimum absolute atomic E-state index is 0.0286. The largest absolute Gasteiger partial charge is 0.356 e. The molecule has 22 heavy (non-hydrogen) atoms. The van der Waals surface area contributed by atoms with Crippen molar-refractivity contribution in [3.63, 3.8) is 0 Å². The minimum Gasteiger partial charge on any atom is -0.356 e. The Hall–Kier alpha value is -1.06. The highest BCUT2D eigenvalue weighted by Crippen LogP contribution is 2.37. The van der Waals surface area contributed by atoms with E-state index in [1.54, 1.807) is 0 Å². The van der Waals surface area contributed by atoms with Crippen LogP contribution >= 0.6 is 11.6 Å². The number of carbonyl (C=O) groups is 1. The Kier molecular flexibility index (Phi) is 6.71. The summed E-state index contributed by atoms with van der Waals surface area (Å²) in [6.45, 7) is 1.74. The van der Waals surface area contributed by atoms with Gasteiger partial charge in [-0.3, -0.25) is 4.79 Å². The van der Waals surface area contributed by atoms with Gasteiger partial charge in [0.2, 0.25) is 5.91 Å². The maximum atomic E-state index is 12.7. The van der Waals surface area contributed by atoms with E-state index in [9.17, 15) is 4.79 Å². The van der Waals surface area contributed by atoms with E-state index in [2.05, 4.69) is 24.3 Å². The highest BCUT2D eigenvalue weighted by molar-refractivity contribution is 6.30. The molecule has 1 aromatic rings. The Balaban J connectivity index is 2.00. The molecule has 0 saturated heterocycles. The summed E-state index contributed by atoms with van der Waals surface area (Å²) in [6, 6.07) is 7.78. The molecule has 0 spiro atoms. The van der Waals surface area contributed by atoms with Crippen LogP contribution in [0.15, 0.2) is 24.3 Å². The summed E-state index contributed by atoms with van der Waals surface area (Å²) in [4.78, 5) is 14.8. The van der Waals surface area contributed by atoms with Crippen molar-refractivity contribution in [1.29, 1.82) is 0 Å². The molecular formula is C18H27ClN2O. The Morgan fingerprint density at radius 1 is 1.27 bits per heavy atom. The van der Waals surface area contributed by atoms with Gasteiger partial charge in [-0.05, 0) is 63.5 Å². The molecule has 1 aromatic carbocycles. The van der Waals surface area contributed by atoms with Gasteiger partial charge < -0.3 is 10.2 Å². The van der Waals surface area contributed by atoms with Crippen LogP contribution in [0.2, 0.25) is 5.02 Å². The molecule has 1 aliphatic rings. The van der Waals surface area contributed by atoms with Crippen LogP contribution in [0.4, 0.5) is 0 Å². The molecule has 0 heterocycles. The molecule has 1 unspecified atom stereocenters. The average Bonchev–Trinajstić information content (AvgIpc) is 3.00. The Morgan fingerprint density at radius 2 is 1.91 bits per heavy atom. The monoisotopic (exact) mass is 322 g/mol. The second-order valence-corrected chi connectivity index (χ2v) is 6.96. The first-order valence-electron chi connectivity index (χ1n) is 8.26. The second-order valence-electron chi connectivity index (χ2n) is 6.52. The van der Waals surface area contributed by atoms with Crippen LogP contribution in [0.1, 0.15) is 43.6 Å². The van der Waals surface area contributed by atoms with Crippen LogP contribution < -0.4 is 5.32 Å². The van der Waals surface area contributed by atoms with Gasteiger partial charge in [0.05, 0.1) is 5.92 Å². The quantitative estimate of drug-likeness (QED) is 0.777. The van der Waals surface area contributed by atoms with Crippen molar-refractivity contribution < 1.29 is 4.79 Å². The van der Waals surface area contributed by atoms with Gasteiger partial charge in [0, 0.05) is 11.6 Å². The van der Waals surface area contributed by atoms with Crippen molar-refractivity contribution in [2.75, 3.05) is 27.2 Å². The van der Waals surface area contributed by atoms with Crippen LogP contribution in [0.5, 0.6) is 0 Å². The van der Waals surface area contributed by atoms with E-state index in [-0.39, 0.29) is 11.8 Å². The number of hydrogen-bond donors (Lipinski definition) is 1. The normalized spacial score (nSPS) is 16.9.